The molecule has 0 radical (unpaired) electrons. The number of nitrogens with zero attached hydrogens (tertiary/aromatic N) is 3. The van der Waals surface area contributed by atoms with Crippen molar-refractivity contribution in [3.63, 3.8) is 0 Å². The van der Waals surface area contributed by atoms with Gasteiger partial charge in [0.1, 0.15) is 6.54 Å². The number of carbonyl (C=O) groups is 2. The molecule has 2 N–H and O–H groups in total. The van der Waals surface area contributed by atoms with Crippen molar-refractivity contribution in [1.29, 1.82) is 0 Å². The zero-order valence-electron chi connectivity index (χ0n) is 20.9. The minimum Gasteiger partial charge on any atom is -0.480 e. The summed E-state index contributed by atoms with van der Waals surface area (Å²) >= 11 is 1.63. The van der Waals surface area contributed by atoms with E-state index in [0.29, 0.717) is 11.6 Å². The first-order chi connectivity index (χ1) is 17.8. The second kappa shape index (κ2) is 10.3. The lowest BCUT2D eigenvalue weighted by Gasteiger charge is -2.23. The monoisotopic (exact) mass is 515 g/mol. The van der Waals surface area contributed by atoms with Crippen LogP contribution >= 0.6 is 11.3 Å². The summed E-state index contributed by atoms with van der Waals surface area (Å²) in [6.07, 6.45) is 8.12. The van der Waals surface area contributed by atoms with E-state index in [9.17, 15) is 19.8 Å². The average Bonchev–Trinajstić information content (AvgIpc) is 3.40. The normalized spacial score (nSPS) is 14.5. The molecular weight excluding hydrogens is 486 g/mol. The maximum atomic E-state index is 11.9. The zero-order valence-corrected chi connectivity index (χ0v) is 21.7. The maximum Gasteiger partial charge on any atom is 0.328 e. The van der Waals surface area contributed by atoms with Gasteiger partial charge in [-0.15, -0.1) is 11.3 Å². The smallest absolute Gasteiger partial charge is 0.328 e. The number of aliphatic carboxylic acids is 2. The number of rotatable bonds is 7. The van der Waals surface area contributed by atoms with Crippen LogP contribution in [0.5, 0.6) is 0 Å². The highest BCUT2D eigenvalue weighted by Gasteiger charge is 2.25. The first-order valence-electron chi connectivity index (χ1n) is 12.5. The Labute approximate surface area is 219 Å². The van der Waals surface area contributed by atoms with E-state index in [-0.39, 0.29) is 6.54 Å². The molecule has 3 heterocycles. The molecule has 7 nitrogen and oxygen atoms in total. The van der Waals surface area contributed by atoms with Crippen molar-refractivity contribution >= 4 is 40.3 Å². The minimum atomic E-state index is -1.07. The summed E-state index contributed by atoms with van der Waals surface area (Å²) in [7, 11) is 0. The Morgan fingerprint density at radius 2 is 1.84 bits per heavy atom. The molecule has 8 heteroatoms. The fourth-order valence-corrected chi connectivity index (χ4v) is 6.30. The van der Waals surface area contributed by atoms with Crippen LogP contribution in [0.2, 0.25) is 0 Å². The lowest BCUT2D eigenvalue weighted by molar-refractivity contribution is -0.137. The van der Waals surface area contributed by atoms with E-state index in [1.165, 1.54) is 12.5 Å². The summed E-state index contributed by atoms with van der Waals surface area (Å²) in [5.74, 6) is -1.73. The molecule has 1 aliphatic carbocycles. The van der Waals surface area contributed by atoms with Gasteiger partial charge in [-0.2, -0.15) is 0 Å². The van der Waals surface area contributed by atoms with Crippen LogP contribution in [0.25, 0.3) is 38.8 Å². The standard InChI is InChI=1S/C29H29N3O4S/c1-17-29(37-18(2)30-17)25-12-8-20-14-21(9-11-24(20)31-25)28-23(19-6-4-3-5-7-19)15-22(10-13-26(33)34)32(28)16-27(35)36/h8-15,19H,3-7,16H2,1-2H3,(H,33,34)(H,35,36)/b13-10+. The number of carboxylic acid groups (broad SMARTS) is 2. The van der Waals surface area contributed by atoms with Crippen LogP contribution in [-0.4, -0.2) is 36.7 Å². The van der Waals surface area contributed by atoms with Crippen LogP contribution in [0.4, 0.5) is 0 Å². The van der Waals surface area contributed by atoms with Gasteiger partial charge >= 0.3 is 11.9 Å². The summed E-state index contributed by atoms with van der Waals surface area (Å²) in [6.45, 7) is 3.73. The number of fused-ring (bicyclic) bond motifs is 1. The van der Waals surface area contributed by atoms with Crippen LogP contribution in [0.3, 0.4) is 0 Å². The molecule has 190 valence electrons. The molecule has 0 aliphatic heterocycles. The third kappa shape index (κ3) is 5.20. The van der Waals surface area contributed by atoms with Crippen LogP contribution in [0, 0.1) is 13.8 Å². The topological polar surface area (TPSA) is 105 Å². The van der Waals surface area contributed by atoms with Gasteiger partial charge in [-0.25, -0.2) is 14.8 Å². The van der Waals surface area contributed by atoms with Crippen molar-refractivity contribution in [2.24, 2.45) is 0 Å². The summed E-state index contributed by atoms with van der Waals surface area (Å²) in [6, 6.07) is 12.1. The van der Waals surface area contributed by atoms with E-state index in [1.807, 2.05) is 44.2 Å². The number of aryl methyl sites for hydroxylation is 2. The van der Waals surface area contributed by atoms with Gasteiger partial charge in [-0.05, 0) is 74.1 Å². The molecule has 0 spiro atoms. The summed E-state index contributed by atoms with van der Waals surface area (Å²) in [5, 5.41) is 20.9. The molecule has 4 aromatic rings. The Bertz CT molecular complexity index is 1530. The van der Waals surface area contributed by atoms with Crippen molar-refractivity contribution in [3.05, 3.63) is 64.4 Å². The van der Waals surface area contributed by atoms with Gasteiger partial charge in [0.25, 0.3) is 0 Å². The minimum absolute atomic E-state index is 0.249. The second-order valence-corrected chi connectivity index (χ2v) is 10.8. The van der Waals surface area contributed by atoms with Gasteiger partial charge in [-0.1, -0.05) is 31.4 Å². The van der Waals surface area contributed by atoms with Gasteiger partial charge in [0.05, 0.1) is 32.5 Å². The van der Waals surface area contributed by atoms with Gasteiger partial charge in [0, 0.05) is 17.2 Å². The lowest BCUT2D eigenvalue weighted by Crippen LogP contribution is -2.13. The molecule has 1 aromatic carbocycles. The van der Waals surface area contributed by atoms with Crippen molar-refractivity contribution in [2.75, 3.05) is 0 Å². The molecular formula is C29H29N3O4S. The number of pyridine rings is 1. The summed E-state index contributed by atoms with van der Waals surface area (Å²) in [5.41, 5.74) is 6.14. The first kappa shape index (κ1) is 24.9. The van der Waals surface area contributed by atoms with E-state index in [1.54, 1.807) is 15.9 Å². The number of carboxylic acids is 2. The highest BCUT2D eigenvalue weighted by molar-refractivity contribution is 7.15. The van der Waals surface area contributed by atoms with Crippen LogP contribution < -0.4 is 0 Å². The van der Waals surface area contributed by atoms with E-state index in [0.717, 1.165) is 80.8 Å². The molecule has 37 heavy (non-hydrogen) atoms. The van der Waals surface area contributed by atoms with E-state index in [2.05, 4.69) is 11.1 Å². The maximum absolute atomic E-state index is 11.9. The molecule has 1 saturated carbocycles. The highest BCUT2D eigenvalue weighted by Crippen LogP contribution is 2.41. The third-order valence-electron chi connectivity index (χ3n) is 6.99. The molecule has 0 atom stereocenters. The van der Waals surface area contributed by atoms with E-state index < -0.39 is 11.9 Å². The fraction of sp³-hybridized carbons (Fsp3) is 0.310. The van der Waals surface area contributed by atoms with Gasteiger partial charge in [0.2, 0.25) is 0 Å². The molecule has 0 unspecified atom stereocenters. The van der Waals surface area contributed by atoms with Gasteiger partial charge in [-0.3, -0.25) is 4.79 Å². The number of benzene rings is 1. The zero-order chi connectivity index (χ0) is 26.1. The third-order valence-corrected chi connectivity index (χ3v) is 8.09. The van der Waals surface area contributed by atoms with Crippen LogP contribution in [0.1, 0.15) is 60.0 Å². The Balaban J connectivity index is 1.65. The van der Waals surface area contributed by atoms with Crippen molar-refractivity contribution in [2.45, 2.75) is 58.4 Å². The molecule has 0 saturated heterocycles. The van der Waals surface area contributed by atoms with E-state index in [4.69, 9.17) is 4.98 Å². The Morgan fingerprint density at radius 3 is 2.51 bits per heavy atom. The summed E-state index contributed by atoms with van der Waals surface area (Å²) < 4.78 is 1.73. The van der Waals surface area contributed by atoms with Crippen LogP contribution in [0.15, 0.2) is 42.5 Å². The predicted molar refractivity (Wildman–Crippen MR) is 146 cm³/mol. The molecule has 0 bridgehead atoms. The number of hydrogen-bond acceptors (Lipinski definition) is 5. The summed E-state index contributed by atoms with van der Waals surface area (Å²) in [4.78, 5) is 33.6. The average molecular weight is 516 g/mol. The second-order valence-electron chi connectivity index (χ2n) is 9.61. The quantitative estimate of drug-likeness (QED) is 0.266. The first-order valence-corrected chi connectivity index (χ1v) is 13.3. The van der Waals surface area contributed by atoms with E-state index >= 15 is 0 Å². The molecule has 3 aromatic heterocycles. The number of aromatic nitrogens is 3. The fourth-order valence-electron chi connectivity index (χ4n) is 5.41. The highest BCUT2D eigenvalue weighted by atomic mass is 32.1. The molecule has 1 fully saturated rings. The number of hydrogen-bond donors (Lipinski definition) is 2. The lowest BCUT2D eigenvalue weighted by atomic mass is 9.83. The number of thiazole rings is 1. The Hall–Kier alpha value is -3.78. The SMILES string of the molecule is Cc1nc(C)c(-c2ccc3cc(-c4c(C5CCCCC5)cc(/C=C/C(=O)O)n4CC(=O)O)ccc3n2)s1. The van der Waals surface area contributed by atoms with Crippen molar-refractivity contribution < 1.29 is 19.8 Å². The molecule has 5 rings (SSSR count). The largest absolute Gasteiger partial charge is 0.480 e. The molecule has 0 amide bonds. The Morgan fingerprint density at radius 1 is 1.05 bits per heavy atom. The van der Waals surface area contributed by atoms with Gasteiger partial charge in [0.15, 0.2) is 0 Å². The van der Waals surface area contributed by atoms with Crippen molar-refractivity contribution in [1.82, 2.24) is 14.5 Å². The van der Waals surface area contributed by atoms with Crippen LogP contribution in [-0.2, 0) is 16.1 Å². The van der Waals surface area contributed by atoms with Gasteiger partial charge < -0.3 is 14.8 Å². The predicted octanol–water partition coefficient (Wildman–Crippen LogP) is 6.67. The Kier molecular flexibility index (Phi) is 6.93. The van der Waals surface area contributed by atoms with Crippen molar-refractivity contribution in [3.8, 4) is 21.8 Å². The molecule has 1 aliphatic rings.